The molecule has 1 aliphatic rings. The Hall–Kier alpha value is -1.35. The van der Waals surface area contributed by atoms with Crippen LogP contribution in [0.5, 0.6) is 0 Å². The molecule has 3 N–H and O–H groups in total. The van der Waals surface area contributed by atoms with Gasteiger partial charge in [0, 0.05) is 12.1 Å². The van der Waals surface area contributed by atoms with Crippen molar-refractivity contribution in [3.8, 4) is 0 Å². The van der Waals surface area contributed by atoms with Crippen LogP contribution in [0.1, 0.15) is 38.7 Å². The SMILES string of the molecule is CC(Cc1ccccc1)NC(=O)C1(C)CCCC1N. The first kappa shape index (κ1) is 14.1. The summed E-state index contributed by atoms with van der Waals surface area (Å²) >= 11 is 0. The number of rotatable bonds is 4. The molecule has 104 valence electrons. The van der Waals surface area contributed by atoms with Gasteiger partial charge in [-0.05, 0) is 38.7 Å². The third-order valence-electron chi connectivity index (χ3n) is 4.31. The average Bonchev–Trinajstić information content (AvgIpc) is 2.72. The number of hydrogen-bond acceptors (Lipinski definition) is 2. The quantitative estimate of drug-likeness (QED) is 0.872. The summed E-state index contributed by atoms with van der Waals surface area (Å²) in [5.74, 6) is 0.112. The topological polar surface area (TPSA) is 55.1 Å². The Labute approximate surface area is 115 Å². The minimum Gasteiger partial charge on any atom is -0.353 e. The van der Waals surface area contributed by atoms with Crippen molar-refractivity contribution in [1.29, 1.82) is 0 Å². The van der Waals surface area contributed by atoms with Crippen LogP contribution < -0.4 is 11.1 Å². The van der Waals surface area contributed by atoms with Crippen molar-refractivity contribution >= 4 is 5.91 Å². The summed E-state index contributed by atoms with van der Waals surface area (Å²) in [5, 5.41) is 3.12. The molecule has 0 aromatic heterocycles. The summed E-state index contributed by atoms with van der Waals surface area (Å²) in [4.78, 5) is 12.4. The van der Waals surface area contributed by atoms with Crippen molar-refractivity contribution in [2.75, 3.05) is 0 Å². The monoisotopic (exact) mass is 260 g/mol. The van der Waals surface area contributed by atoms with Gasteiger partial charge in [-0.1, -0.05) is 36.8 Å². The summed E-state index contributed by atoms with van der Waals surface area (Å²) < 4.78 is 0. The van der Waals surface area contributed by atoms with E-state index in [1.54, 1.807) is 0 Å². The van der Waals surface area contributed by atoms with Gasteiger partial charge in [0.2, 0.25) is 5.91 Å². The second-order valence-corrected chi connectivity index (χ2v) is 5.98. The molecule has 1 aromatic rings. The molecule has 1 amide bonds. The molecule has 1 aliphatic carbocycles. The number of benzene rings is 1. The standard InChI is InChI=1S/C16H24N2O/c1-12(11-13-7-4-3-5-8-13)18-15(19)16(2)10-6-9-14(16)17/h3-5,7-8,12,14H,6,9-11,17H2,1-2H3,(H,18,19). The predicted octanol–water partition coefficient (Wildman–Crippen LogP) is 2.25. The van der Waals surface area contributed by atoms with Gasteiger partial charge in [-0.25, -0.2) is 0 Å². The average molecular weight is 260 g/mol. The Balaban J connectivity index is 1.92. The number of nitrogens with one attached hydrogen (secondary N) is 1. The molecular weight excluding hydrogens is 236 g/mol. The van der Waals surface area contributed by atoms with E-state index in [1.807, 2.05) is 25.1 Å². The normalized spacial score (nSPS) is 28.1. The van der Waals surface area contributed by atoms with Gasteiger partial charge in [0.05, 0.1) is 5.41 Å². The molecule has 0 radical (unpaired) electrons. The molecule has 0 bridgehead atoms. The van der Waals surface area contributed by atoms with Gasteiger partial charge in [0.1, 0.15) is 0 Å². The van der Waals surface area contributed by atoms with Crippen LogP contribution in [0.15, 0.2) is 30.3 Å². The highest BCUT2D eigenvalue weighted by atomic mass is 16.2. The Bertz CT molecular complexity index is 432. The fourth-order valence-electron chi connectivity index (χ4n) is 2.88. The second-order valence-electron chi connectivity index (χ2n) is 5.98. The van der Waals surface area contributed by atoms with Crippen LogP contribution in [-0.4, -0.2) is 18.0 Å². The highest BCUT2D eigenvalue weighted by Gasteiger charge is 2.43. The predicted molar refractivity (Wildman–Crippen MR) is 77.7 cm³/mol. The van der Waals surface area contributed by atoms with E-state index >= 15 is 0 Å². The maximum atomic E-state index is 12.4. The molecule has 3 nitrogen and oxygen atoms in total. The van der Waals surface area contributed by atoms with E-state index in [9.17, 15) is 4.79 Å². The zero-order valence-corrected chi connectivity index (χ0v) is 11.9. The number of amides is 1. The van der Waals surface area contributed by atoms with Crippen molar-refractivity contribution < 1.29 is 4.79 Å². The van der Waals surface area contributed by atoms with Gasteiger partial charge >= 0.3 is 0 Å². The van der Waals surface area contributed by atoms with Gasteiger partial charge in [-0.3, -0.25) is 4.79 Å². The first-order chi connectivity index (χ1) is 9.02. The first-order valence-electron chi connectivity index (χ1n) is 7.13. The molecule has 3 heteroatoms. The van der Waals surface area contributed by atoms with Crippen LogP contribution in [0.4, 0.5) is 0 Å². The van der Waals surface area contributed by atoms with Crippen molar-refractivity contribution in [3.63, 3.8) is 0 Å². The van der Waals surface area contributed by atoms with E-state index in [0.717, 1.165) is 25.7 Å². The summed E-state index contributed by atoms with van der Waals surface area (Å²) in [6.07, 6.45) is 3.77. The molecule has 1 aromatic carbocycles. The molecule has 0 saturated heterocycles. The van der Waals surface area contributed by atoms with E-state index in [1.165, 1.54) is 5.56 Å². The van der Waals surface area contributed by atoms with Crippen LogP contribution in [0.2, 0.25) is 0 Å². The van der Waals surface area contributed by atoms with Crippen LogP contribution in [0.3, 0.4) is 0 Å². The van der Waals surface area contributed by atoms with E-state index in [2.05, 4.69) is 24.4 Å². The van der Waals surface area contributed by atoms with Crippen molar-refractivity contribution in [3.05, 3.63) is 35.9 Å². The highest BCUT2D eigenvalue weighted by molar-refractivity contribution is 5.83. The molecule has 2 rings (SSSR count). The lowest BCUT2D eigenvalue weighted by Crippen LogP contribution is -2.50. The van der Waals surface area contributed by atoms with Gasteiger partial charge in [-0.2, -0.15) is 0 Å². The van der Waals surface area contributed by atoms with E-state index in [4.69, 9.17) is 5.73 Å². The third-order valence-corrected chi connectivity index (χ3v) is 4.31. The smallest absolute Gasteiger partial charge is 0.227 e. The lowest BCUT2D eigenvalue weighted by molar-refractivity contribution is -0.131. The number of carbonyl (C=O) groups is 1. The molecule has 19 heavy (non-hydrogen) atoms. The van der Waals surface area contributed by atoms with Gasteiger partial charge in [-0.15, -0.1) is 0 Å². The van der Waals surface area contributed by atoms with Crippen LogP contribution >= 0.6 is 0 Å². The molecule has 3 unspecified atom stereocenters. The maximum absolute atomic E-state index is 12.4. The summed E-state index contributed by atoms with van der Waals surface area (Å²) in [7, 11) is 0. The third kappa shape index (κ3) is 3.16. The first-order valence-corrected chi connectivity index (χ1v) is 7.13. The van der Waals surface area contributed by atoms with Crippen LogP contribution in [0, 0.1) is 5.41 Å². The molecular formula is C16H24N2O. The minimum absolute atomic E-state index is 0.00331. The van der Waals surface area contributed by atoms with E-state index in [0.29, 0.717) is 0 Å². The molecule has 1 saturated carbocycles. The largest absolute Gasteiger partial charge is 0.353 e. The Morgan fingerprint density at radius 1 is 1.47 bits per heavy atom. The zero-order chi connectivity index (χ0) is 13.9. The maximum Gasteiger partial charge on any atom is 0.227 e. The lowest BCUT2D eigenvalue weighted by atomic mass is 9.84. The second kappa shape index (κ2) is 5.74. The van der Waals surface area contributed by atoms with Crippen molar-refractivity contribution in [1.82, 2.24) is 5.32 Å². The number of hydrogen-bond donors (Lipinski definition) is 2. The molecule has 3 atom stereocenters. The van der Waals surface area contributed by atoms with E-state index < -0.39 is 0 Å². The molecule has 0 heterocycles. The van der Waals surface area contributed by atoms with Crippen LogP contribution in [-0.2, 0) is 11.2 Å². The van der Waals surface area contributed by atoms with Crippen molar-refractivity contribution in [2.45, 2.75) is 51.6 Å². The van der Waals surface area contributed by atoms with Gasteiger partial charge in [0.15, 0.2) is 0 Å². The summed E-state index contributed by atoms with van der Waals surface area (Å²) in [6, 6.07) is 10.4. The number of nitrogens with two attached hydrogens (primary N) is 1. The summed E-state index contributed by atoms with van der Waals surface area (Å²) in [6.45, 7) is 4.05. The molecule has 0 spiro atoms. The lowest BCUT2D eigenvalue weighted by Gasteiger charge is -2.29. The van der Waals surface area contributed by atoms with Crippen LogP contribution in [0.25, 0.3) is 0 Å². The van der Waals surface area contributed by atoms with E-state index in [-0.39, 0.29) is 23.4 Å². The molecule has 0 aliphatic heterocycles. The number of carbonyl (C=O) groups excluding carboxylic acids is 1. The zero-order valence-electron chi connectivity index (χ0n) is 11.9. The highest BCUT2D eigenvalue weighted by Crippen LogP contribution is 2.36. The van der Waals surface area contributed by atoms with Gasteiger partial charge < -0.3 is 11.1 Å². The van der Waals surface area contributed by atoms with Crippen molar-refractivity contribution in [2.24, 2.45) is 11.1 Å². The minimum atomic E-state index is -0.384. The summed E-state index contributed by atoms with van der Waals surface area (Å²) in [5.41, 5.74) is 6.94. The fraction of sp³-hybridized carbons (Fsp3) is 0.562. The fourth-order valence-corrected chi connectivity index (χ4v) is 2.88. The Morgan fingerprint density at radius 2 is 2.16 bits per heavy atom. The molecule has 1 fully saturated rings. The van der Waals surface area contributed by atoms with Gasteiger partial charge in [0.25, 0.3) is 0 Å². The Kier molecular flexibility index (Phi) is 4.25. The Morgan fingerprint density at radius 3 is 2.74 bits per heavy atom.